The fraction of sp³-hybridized carbons (Fsp3) is 1.00. The minimum absolute atomic E-state index is 0. The first-order valence-corrected chi connectivity index (χ1v) is 10.1. The number of epoxide rings is 1. The van der Waals surface area contributed by atoms with Gasteiger partial charge in [-0.25, -0.2) is 0 Å². The van der Waals surface area contributed by atoms with Crippen molar-refractivity contribution in [2.45, 2.75) is 77.9 Å². The summed E-state index contributed by atoms with van der Waals surface area (Å²) >= 11 is 0. The van der Waals surface area contributed by atoms with Crippen molar-refractivity contribution in [2.24, 2.45) is 0 Å². The van der Waals surface area contributed by atoms with Gasteiger partial charge in [0.15, 0.2) is 0 Å². The zero-order chi connectivity index (χ0) is 15.4. The molecule has 128 valence electrons. The van der Waals surface area contributed by atoms with Gasteiger partial charge in [-0.15, -0.1) is 0 Å². The molecule has 2 unspecified atom stereocenters. The van der Waals surface area contributed by atoms with E-state index in [9.17, 15) is 0 Å². The van der Waals surface area contributed by atoms with Crippen LogP contribution in [0.4, 0.5) is 0 Å². The van der Waals surface area contributed by atoms with E-state index >= 15 is 0 Å². The Morgan fingerprint density at radius 2 is 1.52 bits per heavy atom. The van der Waals surface area contributed by atoms with Crippen molar-refractivity contribution in [3.8, 4) is 0 Å². The van der Waals surface area contributed by atoms with Gasteiger partial charge in [-0.05, 0) is 60.6 Å². The summed E-state index contributed by atoms with van der Waals surface area (Å²) in [6, 6.07) is 0.951. The highest BCUT2D eigenvalue weighted by molar-refractivity contribution is 6.92. The molecule has 1 fully saturated rings. The van der Waals surface area contributed by atoms with Gasteiger partial charge in [-0.3, -0.25) is 0 Å². The fourth-order valence-electron chi connectivity index (χ4n) is 2.29. The molecule has 1 heterocycles. The molecule has 2 atom stereocenters. The van der Waals surface area contributed by atoms with Crippen LogP contribution in [0.1, 0.15) is 48.0 Å². The number of hydrogen-bond acceptors (Lipinski definition) is 4. The highest BCUT2D eigenvalue weighted by Gasteiger charge is 2.39. The molecule has 1 aliphatic rings. The second-order valence-corrected chi connectivity index (χ2v) is 10.9. The number of rotatable bonds is 8. The molecular weight excluding hydrogens is 303 g/mol. The predicted octanol–water partition coefficient (Wildman–Crippen LogP) is 3.55. The lowest BCUT2D eigenvalue weighted by atomic mass is 10.2. The topological polar surface area (TPSA) is 40.2 Å². The summed E-state index contributed by atoms with van der Waals surface area (Å²) < 4.78 is 23.3. The third kappa shape index (κ3) is 11.7. The second-order valence-electron chi connectivity index (χ2n) is 7.70. The average molecular weight is 339 g/mol. The molecule has 21 heavy (non-hydrogen) atoms. The maximum atomic E-state index is 6.28. The summed E-state index contributed by atoms with van der Waals surface area (Å²) in [5.74, 6) is 0. The van der Waals surface area contributed by atoms with Crippen molar-refractivity contribution in [2.75, 3.05) is 19.8 Å². The van der Waals surface area contributed by atoms with E-state index in [1.165, 1.54) is 0 Å². The zero-order valence-electron chi connectivity index (χ0n) is 15.0. The van der Waals surface area contributed by atoms with Crippen molar-refractivity contribution < 1.29 is 18.3 Å². The summed E-state index contributed by atoms with van der Waals surface area (Å²) in [7, 11) is -2.19. The molecule has 0 aromatic carbocycles. The molecular formula is C15H35O4PSi. The normalized spacial score (nSPS) is 19.3. The van der Waals surface area contributed by atoms with E-state index in [1.807, 2.05) is 0 Å². The highest BCUT2D eigenvalue weighted by atomic mass is 31.0. The van der Waals surface area contributed by atoms with E-state index in [4.69, 9.17) is 18.3 Å². The van der Waals surface area contributed by atoms with E-state index in [0.717, 1.165) is 32.3 Å². The molecule has 0 amide bonds. The molecule has 0 bridgehead atoms. The molecule has 0 aliphatic carbocycles. The summed E-state index contributed by atoms with van der Waals surface area (Å²) in [4.78, 5) is 0. The first-order valence-electron chi connectivity index (χ1n) is 7.59. The monoisotopic (exact) mass is 338 g/mol. The maximum absolute atomic E-state index is 6.28. The smallest absolute Gasteiger partial charge is 0.335 e. The van der Waals surface area contributed by atoms with E-state index in [1.54, 1.807) is 0 Å². The second kappa shape index (κ2) is 8.37. The first kappa shape index (κ1) is 21.5. The Labute approximate surface area is 135 Å². The summed E-state index contributed by atoms with van der Waals surface area (Å²) in [5.41, 5.74) is -0.343. The van der Waals surface area contributed by atoms with Crippen LogP contribution in [-0.4, -0.2) is 45.7 Å². The van der Waals surface area contributed by atoms with Gasteiger partial charge in [-0.1, -0.05) is 0 Å². The van der Waals surface area contributed by atoms with Crippen molar-refractivity contribution in [3.05, 3.63) is 0 Å². The van der Waals surface area contributed by atoms with Crippen molar-refractivity contribution >= 4 is 18.5 Å². The van der Waals surface area contributed by atoms with Crippen molar-refractivity contribution in [1.82, 2.24) is 0 Å². The van der Waals surface area contributed by atoms with Crippen LogP contribution >= 0.6 is 9.90 Å². The van der Waals surface area contributed by atoms with Gasteiger partial charge in [0.25, 0.3) is 0 Å². The Morgan fingerprint density at radius 1 is 1.05 bits per heavy atom. The van der Waals surface area contributed by atoms with Gasteiger partial charge in [0.2, 0.25) is 0 Å². The molecule has 6 heteroatoms. The lowest BCUT2D eigenvalue weighted by molar-refractivity contribution is 0.0158. The molecule has 1 saturated heterocycles. The Hall–Kier alpha value is 0.487. The summed E-state index contributed by atoms with van der Waals surface area (Å²) in [6.45, 7) is 17.0. The fourth-order valence-corrected chi connectivity index (χ4v) is 5.92. The van der Waals surface area contributed by atoms with Crippen molar-refractivity contribution in [1.29, 1.82) is 0 Å². The number of ether oxygens (including phenoxy) is 2. The Bertz CT molecular complexity index is 279. The van der Waals surface area contributed by atoms with Crippen LogP contribution in [0.3, 0.4) is 0 Å². The van der Waals surface area contributed by atoms with Crippen LogP contribution in [0.15, 0.2) is 0 Å². The van der Waals surface area contributed by atoms with Gasteiger partial charge >= 0.3 is 8.56 Å². The molecule has 0 spiro atoms. The Morgan fingerprint density at radius 3 is 1.90 bits per heavy atom. The van der Waals surface area contributed by atoms with Crippen LogP contribution < -0.4 is 0 Å². The Kier molecular flexibility index (Phi) is 8.56. The van der Waals surface area contributed by atoms with Gasteiger partial charge in [0, 0.05) is 6.61 Å². The maximum Gasteiger partial charge on any atom is 0.335 e. The summed E-state index contributed by atoms with van der Waals surface area (Å²) in [6.07, 6.45) is 1.32. The van der Waals surface area contributed by atoms with Gasteiger partial charge in [-0.2, -0.15) is 9.90 Å². The van der Waals surface area contributed by atoms with Crippen LogP contribution in [0.25, 0.3) is 0 Å². The third-order valence-corrected chi connectivity index (χ3v) is 6.02. The third-order valence-electron chi connectivity index (χ3n) is 2.67. The zero-order valence-corrected chi connectivity index (χ0v) is 17.4. The quantitative estimate of drug-likeness (QED) is 0.294. The lowest BCUT2D eigenvalue weighted by Crippen LogP contribution is -2.49. The minimum Gasteiger partial charge on any atom is -0.389 e. The standard InChI is InChI=1S/C15H32O4Si.H3P/c1-14(2,3)18-20(7,19-15(4,5)6)10-8-9-16-11-13-12-17-13;/h13H,8-12H2,1-7H3;1H3. The van der Waals surface area contributed by atoms with Gasteiger partial charge < -0.3 is 18.3 Å². The van der Waals surface area contributed by atoms with E-state index in [0.29, 0.717) is 6.10 Å². The average Bonchev–Trinajstić information content (AvgIpc) is 2.94. The van der Waals surface area contributed by atoms with Crippen LogP contribution in [0.5, 0.6) is 0 Å². The highest BCUT2D eigenvalue weighted by Crippen LogP contribution is 2.27. The summed E-state index contributed by atoms with van der Waals surface area (Å²) in [5, 5.41) is 0. The van der Waals surface area contributed by atoms with Gasteiger partial charge in [0.05, 0.1) is 24.4 Å². The Balaban J connectivity index is 0.00000400. The first-order chi connectivity index (χ1) is 8.99. The minimum atomic E-state index is -2.19. The predicted molar refractivity (Wildman–Crippen MR) is 94.4 cm³/mol. The van der Waals surface area contributed by atoms with Crippen molar-refractivity contribution in [3.63, 3.8) is 0 Å². The van der Waals surface area contributed by atoms with Crippen LogP contribution in [0, 0.1) is 0 Å². The van der Waals surface area contributed by atoms with Crippen LogP contribution in [-0.2, 0) is 18.3 Å². The van der Waals surface area contributed by atoms with E-state index in [2.05, 4.69) is 48.1 Å². The lowest BCUT2D eigenvalue weighted by Gasteiger charge is -2.39. The SMILES string of the molecule is CC(C)(C)O[Si](C)(CCCOCC1CO1)OC(C)(C)C.P. The molecule has 0 aromatic rings. The molecule has 0 N–H and O–H groups in total. The van der Waals surface area contributed by atoms with Crippen LogP contribution in [0.2, 0.25) is 12.6 Å². The molecule has 1 rings (SSSR count). The number of hydrogen-bond donors (Lipinski definition) is 0. The largest absolute Gasteiger partial charge is 0.389 e. The molecule has 1 aliphatic heterocycles. The van der Waals surface area contributed by atoms with E-state index < -0.39 is 8.56 Å². The molecule has 0 aromatic heterocycles. The van der Waals surface area contributed by atoms with Gasteiger partial charge in [0.1, 0.15) is 6.10 Å². The molecule has 4 nitrogen and oxygen atoms in total. The molecule has 0 radical (unpaired) electrons. The van der Waals surface area contributed by atoms with E-state index in [-0.39, 0.29) is 21.1 Å². The molecule has 0 saturated carbocycles.